The van der Waals surface area contributed by atoms with Crippen molar-refractivity contribution in [2.45, 2.75) is 45.2 Å². The lowest BCUT2D eigenvalue weighted by atomic mass is 9.86. The van der Waals surface area contributed by atoms with E-state index in [9.17, 15) is 4.79 Å². The van der Waals surface area contributed by atoms with Crippen molar-refractivity contribution in [3.05, 3.63) is 29.5 Å². The van der Waals surface area contributed by atoms with Crippen LogP contribution in [0.2, 0.25) is 5.02 Å². The number of tetrazole rings is 2. The van der Waals surface area contributed by atoms with Crippen LogP contribution in [0.1, 0.15) is 32.6 Å². The second-order valence-corrected chi connectivity index (χ2v) is 7.43. The first-order valence-corrected chi connectivity index (χ1v) is 9.58. The third-order valence-electron chi connectivity index (χ3n) is 4.99. The summed E-state index contributed by atoms with van der Waals surface area (Å²) in [5.41, 5.74) is 1.28. The lowest BCUT2D eigenvalue weighted by Crippen LogP contribution is -2.42. The van der Waals surface area contributed by atoms with Gasteiger partial charge in [-0.15, -0.1) is 15.3 Å². The van der Waals surface area contributed by atoms with Crippen molar-refractivity contribution in [2.24, 2.45) is 5.92 Å². The van der Waals surface area contributed by atoms with E-state index in [2.05, 4.69) is 43.2 Å². The van der Waals surface area contributed by atoms with Gasteiger partial charge in [-0.25, -0.2) is 0 Å². The van der Waals surface area contributed by atoms with Gasteiger partial charge in [0, 0.05) is 16.6 Å². The second kappa shape index (κ2) is 8.01. The van der Waals surface area contributed by atoms with Crippen LogP contribution in [-0.4, -0.2) is 52.4 Å². The largest absolute Gasteiger partial charge is 0.351 e. The molecule has 1 aromatic carbocycles. The van der Waals surface area contributed by atoms with E-state index in [0.717, 1.165) is 19.3 Å². The van der Waals surface area contributed by atoms with Crippen molar-refractivity contribution in [1.29, 1.82) is 0 Å². The molecule has 2 heterocycles. The number of carbonyl (C=O) groups is 1. The number of nitrogens with zero attached hydrogens (tertiary/aromatic N) is 8. The van der Waals surface area contributed by atoms with Gasteiger partial charge in [-0.05, 0) is 52.6 Å². The summed E-state index contributed by atoms with van der Waals surface area (Å²) < 4.78 is 1.47. The number of rotatable bonds is 5. The average Bonchev–Trinajstić information content (AvgIpc) is 3.36. The highest BCUT2D eigenvalue weighted by Crippen LogP contribution is 2.26. The molecule has 2 aromatic heterocycles. The summed E-state index contributed by atoms with van der Waals surface area (Å²) in [6.07, 6.45) is 6.00. The van der Waals surface area contributed by atoms with E-state index in [1.165, 1.54) is 22.2 Å². The standard InChI is InChI=1S/C17H20ClN9O/c1-11-4-2-3-5-14(11)20-16(28)9-27-22-17(21-24-27)13-7-6-12(18)8-15(13)26-10-19-23-25-26/h6-8,10-11,14H,2-5,9H2,1H3,(H,20,28)/t11-,14+/m1/s1. The normalized spacial score (nSPS) is 19.5. The zero-order valence-electron chi connectivity index (χ0n) is 15.4. The molecule has 28 heavy (non-hydrogen) atoms. The Morgan fingerprint density at radius 1 is 1.29 bits per heavy atom. The molecule has 2 atom stereocenters. The number of hydrogen-bond donors (Lipinski definition) is 1. The third kappa shape index (κ3) is 4.01. The zero-order valence-corrected chi connectivity index (χ0v) is 16.1. The molecule has 0 radical (unpaired) electrons. The summed E-state index contributed by atoms with van der Waals surface area (Å²) in [5.74, 6) is 0.741. The molecule has 0 saturated heterocycles. The molecule has 1 N–H and O–H groups in total. The zero-order chi connectivity index (χ0) is 19.5. The quantitative estimate of drug-likeness (QED) is 0.690. The SMILES string of the molecule is C[C@@H]1CCCC[C@@H]1NC(=O)Cn1nnc(-c2ccc(Cl)cc2-n2cnnn2)n1. The summed E-state index contributed by atoms with van der Waals surface area (Å²) >= 11 is 6.10. The van der Waals surface area contributed by atoms with Crippen LogP contribution < -0.4 is 5.32 Å². The Morgan fingerprint density at radius 3 is 2.93 bits per heavy atom. The molecule has 0 aliphatic heterocycles. The smallest absolute Gasteiger partial charge is 0.243 e. The fraction of sp³-hybridized carbons (Fsp3) is 0.471. The number of nitrogens with one attached hydrogen (secondary N) is 1. The molecule has 0 unspecified atom stereocenters. The molecule has 0 spiro atoms. The first kappa shape index (κ1) is 18.5. The van der Waals surface area contributed by atoms with Crippen LogP contribution in [0.25, 0.3) is 17.1 Å². The van der Waals surface area contributed by atoms with Crippen molar-refractivity contribution in [3.63, 3.8) is 0 Å². The first-order chi connectivity index (χ1) is 13.6. The number of aromatic nitrogens is 8. The molecule has 1 aliphatic rings. The van der Waals surface area contributed by atoms with Gasteiger partial charge in [0.15, 0.2) is 0 Å². The fourth-order valence-electron chi connectivity index (χ4n) is 3.48. The van der Waals surface area contributed by atoms with Crippen LogP contribution in [0.15, 0.2) is 24.5 Å². The van der Waals surface area contributed by atoms with Gasteiger partial charge in [0.05, 0.1) is 5.69 Å². The molecular formula is C17H20ClN9O. The Balaban J connectivity index is 1.50. The predicted molar refractivity (Wildman–Crippen MR) is 101 cm³/mol. The summed E-state index contributed by atoms with van der Waals surface area (Å²) in [7, 11) is 0. The van der Waals surface area contributed by atoms with Gasteiger partial charge >= 0.3 is 0 Å². The van der Waals surface area contributed by atoms with E-state index in [0.29, 0.717) is 28.0 Å². The fourth-order valence-corrected chi connectivity index (χ4v) is 3.65. The highest BCUT2D eigenvalue weighted by atomic mass is 35.5. The van der Waals surface area contributed by atoms with Gasteiger partial charge in [-0.3, -0.25) is 4.79 Å². The Labute approximate surface area is 166 Å². The van der Waals surface area contributed by atoms with Crippen LogP contribution in [0.4, 0.5) is 0 Å². The van der Waals surface area contributed by atoms with Crippen molar-refractivity contribution < 1.29 is 4.79 Å². The lowest BCUT2D eigenvalue weighted by Gasteiger charge is -2.29. The van der Waals surface area contributed by atoms with Crippen molar-refractivity contribution >= 4 is 17.5 Å². The topological polar surface area (TPSA) is 116 Å². The number of hydrogen-bond acceptors (Lipinski definition) is 7. The van der Waals surface area contributed by atoms with E-state index in [1.807, 2.05) is 0 Å². The molecule has 10 nitrogen and oxygen atoms in total. The minimum atomic E-state index is -0.112. The third-order valence-corrected chi connectivity index (χ3v) is 5.23. The summed E-state index contributed by atoms with van der Waals surface area (Å²) in [5, 5.41) is 27.2. The van der Waals surface area contributed by atoms with Crippen molar-refractivity contribution in [1.82, 2.24) is 45.7 Å². The number of amides is 1. The van der Waals surface area contributed by atoms with Crippen LogP contribution >= 0.6 is 11.6 Å². The minimum Gasteiger partial charge on any atom is -0.351 e. The van der Waals surface area contributed by atoms with Crippen LogP contribution in [0.5, 0.6) is 0 Å². The van der Waals surface area contributed by atoms with E-state index in [-0.39, 0.29) is 18.5 Å². The minimum absolute atomic E-state index is 0.0179. The van der Waals surface area contributed by atoms with Crippen LogP contribution in [0.3, 0.4) is 0 Å². The first-order valence-electron chi connectivity index (χ1n) is 9.20. The number of carbonyl (C=O) groups excluding carboxylic acids is 1. The van der Waals surface area contributed by atoms with Crippen LogP contribution in [0, 0.1) is 5.92 Å². The molecule has 1 fully saturated rings. The molecule has 1 aliphatic carbocycles. The summed E-state index contributed by atoms with van der Waals surface area (Å²) in [6.45, 7) is 2.20. The van der Waals surface area contributed by atoms with Crippen LogP contribution in [-0.2, 0) is 11.3 Å². The van der Waals surface area contributed by atoms with Crippen molar-refractivity contribution in [3.8, 4) is 17.1 Å². The van der Waals surface area contributed by atoms with E-state index < -0.39 is 0 Å². The Kier molecular flexibility index (Phi) is 5.29. The molecule has 11 heteroatoms. The monoisotopic (exact) mass is 401 g/mol. The van der Waals surface area contributed by atoms with E-state index in [4.69, 9.17) is 11.6 Å². The van der Waals surface area contributed by atoms with Gasteiger partial charge in [-0.1, -0.05) is 31.4 Å². The maximum Gasteiger partial charge on any atom is 0.243 e. The summed E-state index contributed by atoms with van der Waals surface area (Å²) in [4.78, 5) is 13.7. The van der Waals surface area contributed by atoms with Gasteiger partial charge in [0.1, 0.15) is 12.9 Å². The second-order valence-electron chi connectivity index (χ2n) is 7.00. The van der Waals surface area contributed by atoms with E-state index in [1.54, 1.807) is 18.2 Å². The number of halogens is 1. The molecule has 1 amide bonds. The van der Waals surface area contributed by atoms with Gasteiger partial charge in [0.2, 0.25) is 11.7 Å². The lowest BCUT2D eigenvalue weighted by molar-refractivity contribution is -0.123. The molecule has 4 rings (SSSR count). The predicted octanol–water partition coefficient (Wildman–Crippen LogP) is 1.66. The van der Waals surface area contributed by atoms with Gasteiger partial charge in [-0.2, -0.15) is 9.48 Å². The molecular weight excluding hydrogens is 382 g/mol. The van der Waals surface area contributed by atoms with Gasteiger partial charge in [0.25, 0.3) is 0 Å². The molecule has 3 aromatic rings. The average molecular weight is 402 g/mol. The number of benzene rings is 1. The maximum atomic E-state index is 12.4. The maximum absolute atomic E-state index is 12.4. The Morgan fingerprint density at radius 2 is 2.14 bits per heavy atom. The molecule has 146 valence electrons. The Bertz CT molecular complexity index is 955. The molecule has 1 saturated carbocycles. The van der Waals surface area contributed by atoms with E-state index >= 15 is 0 Å². The highest BCUT2D eigenvalue weighted by molar-refractivity contribution is 6.30. The van der Waals surface area contributed by atoms with Crippen molar-refractivity contribution in [2.75, 3.05) is 0 Å². The highest BCUT2D eigenvalue weighted by Gasteiger charge is 2.23. The summed E-state index contributed by atoms with van der Waals surface area (Å²) in [6, 6.07) is 5.42. The van der Waals surface area contributed by atoms with Gasteiger partial charge < -0.3 is 5.32 Å². The Hall–Kier alpha value is -2.88. The molecule has 0 bridgehead atoms.